The van der Waals surface area contributed by atoms with Crippen molar-refractivity contribution in [2.45, 2.75) is 6.42 Å². The van der Waals surface area contributed by atoms with Crippen LogP contribution in [0.2, 0.25) is 0 Å². The molecule has 3 heteroatoms. The fraction of sp³-hybridized carbons (Fsp3) is 0.429. The normalized spacial score (nSPS) is 23.0. The van der Waals surface area contributed by atoms with Crippen molar-refractivity contribution in [3.63, 3.8) is 0 Å². The topological polar surface area (TPSA) is 32.7 Å². The summed E-state index contributed by atoms with van der Waals surface area (Å²) in [5.74, 6) is 0.831. The SMILES string of the molecule is O=C1CN2CCC=CC2=N1. The standard InChI is InChI=1S/C7H8N2O/c10-7-5-9-4-2-1-3-6(9)8-7/h1,3H,2,4-5H2. The van der Waals surface area contributed by atoms with Crippen LogP contribution in [0.5, 0.6) is 0 Å². The van der Waals surface area contributed by atoms with Crippen LogP contribution in [0.15, 0.2) is 17.1 Å². The molecule has 0 saturated heterocycles. The molecule has 52 valence electrons. The fourth-order valence-electron chi connectivity index (χ4n) is 1.23. The molecule has 0 unspecified atom stereocenters. The molecule has 1 amide bonds. The van der Waals surface area contributed by atoms with Gasteiger partial charge in [-0.2, -0.15) is 4.99 Å². The number of fused-ring (bicyclic) bond motifs is 1. The van der Waals surface area contributed by atoms with Crippen molar-refractivity contribution in [3.8, 4) is 0 Å². The second kappa shape index (κ2) is 1.94. The van der Waals surface area contributed by atoms with Gasteiger partial charge in [-0.3, -0.25) is 4.79 Å². The van der Waals surface area contributed by atoms with E-state index in [2.05, 4.69) is 4.99 Å². The van der Waals surface area contributed by atoms with E-state index in [9.17, 15) is 4.79 Å². The van der Waals surface area contributed by atoms with Crippen molar-refractivity contribution in [1.29, 1.82) is 0 Å². The fourth-order valence-corrected chi connectivity index (χ4v) is 1.23. The van der Waals surface area contributed by atoms with E-state index in [0.29, 0.717) is 6.54 Å². The highest BCUT2D eigenvalue weighted by atomic mass is 16.2. The largest absolute Gasteiger partial charge is 0.347 e. The third-order valence-corrected chi connectivity index (χ3v) is 1.72. The second-order valence-corrected chi connectivity index (χ2v) is 2.48. The molecule has 0 aromatic carbocycles. The zero-order valence-electron chi connectivity index (χ0n) is 5.58. The van der Waals surface area contributed by atoms with E-state index in [1.165, 1.54) is 0 Å². The molecule has 0 aromatic rings. The number of amidine groups is 1. The van der Waals surface area contributed by atoms with Crippen molar-refractivity contribution in [2.24, 2.45) is 4.99 Å². The van der Waals surface area contributed by atoms with E-state index in [4.69, 9.17) is 0 Å². The summed E-state index contributed by atoms with van der Waals surface area (Å²) < 4.78 is 0. The Kier molecular flexibility index (Phi) is 1.09. The Hall–Kier alpha value is -1.12. The van der Waals surface area contributed by atoms with Crippen LogP contribution in [0, 0.1) is 0 Å². The second-order valence-electron chi connectivity index (χ2n) is 2.48. The molecular weight excluding hydrogens is 128 g/mol. The van der Waals surface area contributed by atoms with Gasteiger partial charge in [0.2, 0.25) is 0 Å². The molecule has 2 aliphatic rings. The molecule has 0 aliphatic carbocycles. The Balaban J connectivity index is 2.30. The average Bonchev–Trinajstić information content (AvgIpc) is 2.27. The number of aliphatic imine (C=N–C) groups is 1. The summed E-state index contributed by atoms with van der Waals surface area (Å²) >= 11 is 0. The Morgan fingerprint density at radius 3 is 3.30 bits per heavy atom. The number of nitrogens with zero attached hydrogens (tertiary/aromatic N) is 2. The molecule has 0 atom stereocenters. The van der Waals surface area contributed by atoms with Crippen LogP contribution in [-0.2, 0) is 4.79 Å². The van der Waals surface area contributed by atoms with Crippen LogP contribution >= 0.6 is 0 Å². The Morgan fingerprint density at radius 2 is 2.50 bits per heavy atom. The average molecular weight is 136 g/mol. The molecule has 0 saturated carbocycles. The molecule has 2 heterocycles. The summed E-state index contributed by atoms with van der Waals surface area (Å²) in [5, 5.41) is 0. The third-order valence-electron chi connectivity index (χ3n) is 1.72. The van der Waals surface area contributed by atoms with Crippen molar-refractivity contribution in [2.75, 3.05) is 13.1 Å². The summed E-state index contributed by atoms with van der Waals surface area (Å²) in [7, 11) is 0. The molecule has 0 radical (unpaired) electrons. The summed E-state index contributed by atoms with van der Waals surface area (Å²) in [6, 6.07) is 0. The number of carbonyl (C=O) groups excluding carboxylic acids is 1. The number of amides is 1. The Morgan fingerprint density at radius 1 is 1.60 bits per heavy atom. The molecule has 3 nitrogen and oxygen atoms in total. The minimum absolute atomic E-state index is 0.0125. The van der Waals surface area contributed by atoms with Gasteiger partial charge in [0, 0.05) is 6.54 Å². The number of rotatable bonds is 0. The molecule has 0 bridgehead atoms. The van der Waals surface area contributed by atoms with Gasteiger partial charge in [-0.05, 0) is 12.5 Å². The van der Waals surface area contributed by atoms with Crippen LogP contribution in [0.25, 0.3) is 0 Å². The Bertz CT molecular complexity index is 230. The van der Waals surface area contributed by atoms with E-state index < -0.39 is 0 Å². The van der Waals surface area contributed by atoms with Crippen LogP contribution in [0.4, 0.5) is 0 Å². The Labute approximate surface area is 59.0 Å². The first-order valence-electron chi connectivity index (χ1n) is 3.39. The first-order valence-corrected chi connectivity index (χ1v) is 3.39. The lowest BCUT2D eigenvalue weighted by molar-refractivity contribution is -0.117. The monoisotopic (exact) mass is 136 g/mol. The van der Waals surface area contributed by atoms with Gasteiger partial charge in [0.25, 0.3) is 5.91 Å². The summed E-state index contributed by atoms with van der Waals surface area (Å²) in [4.78, 5) is 16.6. The first kappa shape index (κ1) is 5.65. The van der Waals surface area contributed by atoms with Crippen LogP contribution in [0.3, 0.4) is 0 Å². The summed E-state index contributed by atoms with van der Waals surface area (Å²) in [5.41, 5.74) is 0. The molecule has 0 spiro atoms. The molecule has 0 N–H and O–H groups in total. The van der Waals surface area contributed by atoms with Gasteiger partial charge in [0.05, 0.1) is 0 Å². The highest BCUT2D eigenvalue weighted by molar-refractivity contribution is 6.07. The highest BCUT2D eigenvalue weighted by Crippen LogP contribution is 2.09. The van der Waals surface area contributed by atoms with Crippen molar-refractivity contribution >= 4 is 11.7 Å². The van der Waals surface area contributed by atoms with Crippen LogP contribution in [-0.4, -0.2) is 29.7 Å². The lowest BCUT2D eigenvalue weighted by atomic mass is 10.2. The van der Waals surface area contributed by atoms with Gasteiger partial charge in [-0.25, -0.2) is 0 Å². The number of carbonyl (C=O) groups is 1. The third kappa shape index (κ3) is 0.744. The number of hydrogen-bond donors (Lipinski definition) is 0. The lowest BCUT2D eigenvalue weighted by Crippen LogP contribution is -2.30. The highest BCUT2D eigenvalue weighted by Gasteiger charge is 2.21. The summed E-state index contributed by atoms with van der Waals surface area (Å²) in [6.45, 7) is 1.43. The van der Waals surface area contributed by atoms with Gasteiger partial charge in [0.1, 0.15) is 12.4 Å². The zero-order chi connectivity index (χ0) is 6.97. The van der Waals surface area contributed by atoms with E-state index >= 15 is 0 Å². The smallest absolute Gasteiger partial charge is 0.267 e. The minimum atomic E-state index is -0.0125. The quantitative estimate of drug-likeness (QED) is 0.476. The minimum Gasteiger partial charge on any atom is -0.347 e. The maximum Gasteiger partial charge on any atom is 0.267 e. The van der Waals surface area contributed by atoms with Crippen molar-refractivity contribution in [1.82, 2.24) is 4.90 Å². The lowest BCUT2D eigenvalue weighted by Gasteiger charge is -2.19. The van der Waals surface area contributed by atoms with Crippen LogP contribution in [0.1, 0.15) is 6.42 Å². The van der Waals surface area contributed by atoms with Crippen molar-refractivity contribution in [3.05, 3.63) is 12.2 Å². The first-order chi connectivity index (χ1) is 4.86. The summed E-state index contributed by atoms with van der Waals surface area (Å²) in [6.07, 6.45) is 4.99. The predicted octanol–water partition coefficient (Wildman–Crippen LogP) is 0.187. The van der Waals surface area contributed by atoms with Gasteiger partial charge in [-0.15, -0.1) is 0 Å². The predicted molar refractivity (Wildman–Crippen MR) is 37.8 cm³/mol. The number of hydrogen-bond acceptors (Lipinski definition) is 2. The molecule has 10 heavy (non-hydrogen) atoms. The van der Waals surface area contributed by atoms with Gasteiger partial charge in [0.15, 0.2) is 0 Å². The molecule has 2 aliphatic heterocycles. The van der Waals surface area contributed by atoms with Gasteiger partial charge in [-0.1, -0.05) is 6.08 Å². The van der Waals surface area contributed by atoms with Gasteiger partial charge < -0.3 is 4.90 Å². The maximum atomic E-state index is 10.7. The molecule has 0 aromatic heterocycles. The molecule has 2 rings (SSSR count). The van der Waals surface area contributed by atoms with Gasteiger partial charge >= 0.3 is 0 Å². The van der Waals surface area contributed by atoms with Crippen molar-refractivity contribution < 1.29 is 4.79 Å². The molecule has 0 fully saturated rings. The zero-order valence-corrected chi connectivity index (χ0v) is 5.58. The maximum absolute atomic E-state index is 10.7. The van der Waals surface area contributed by atoms with E-state index in [0.717, 1.165) is 18.8 Å². The van der Waals surface area contributed by atoms with E-state index in [1.807, 2.05) is 17.1 Å². The van der Waals surface area contributed by atoms with E-state index in [1.54, 1.807) is 0 Å². The van der Waals surface area contributed by atoms with Crippen LogP contribution < -0.4 is 0 Å². The van der Waals surface area contributed by atoms with E-state index in [-0.39, 0.29) is 5.91 Å². The molecular formula is C7H8N2O.